The molecular formula is C22H28N2OS. The standard InChI is InChI=1S/C22H28N2OS/c25-21-9-12-22(18-24(21)14-10-19-6-2-1-3-7-19)11-5-13-23(17-22)16-20-8-4-15-26-20/h1-4,6-8,15H,5,9-14,16-18H2/t22-/m1/s1. The van der Waals surface area contributed by atoms with Crippen LogP contribution in [-0.2, 0) is 17.8 Å². The quantitative estimate of drug-likeness (QED) is 0.790. The molecule has 2 fully saturated rings. The lowest BCUT2D eigenvalue weighted by molar-refractivity contribution is -0.139. The zero-order chi connectivity index (χ0) is 17.8. The average molecular weight is 369 g/mol. The van der Waals surface area contributed by atoms with Gasteiger partial charge in [0, 0.05) is 42.9 Å². The van der Waals surface area contributed by atoms with Gasteiger partial charge in [-0.2, -0.15) is 0 Å². The Morgan fingerprint density at radius 1 is 1.04 bits per heavy atom. The van der Waals surface area contributed by atoms with Crippen LogP contribution in [0.15, 0.2) is 47.8 Å². The minimum atomic E-state index is 0.306. The maximum Gasteiger partial charge on any atom is 0.222 e. The first-order valence-electron chi connectivity index (χ1n) is 9.79. The SMILES string of the molecule is O=C1CC[C@@]2(CCCN(Cc3cccs3)C2)CN1CCc1ccccc1. The first-order valence-corrected chi connectivity index (χ1v) is 10.7. The van der Waals surface area contributed by atoms with Gasteiger partial charge in [-0.15, -0.1) is 11.3 Å². The third-order valence-corrected chi connectivity index (χ3v) is 6.82. The predicted octanol–water partition coefficient (Wildman–Crippen LogP) is 4.20. The van der Waals surface area contributed by atoms with Gasteiger partial charge in [-0.1, -0.05) is 36.4 Å². The predicted molar refractivity (Wildman–Crippen MR) is 107 cm³/mol. The van der Waals surface area contributed by atoms with Gasteiger partial charge < -0.3 is 4.90 Å². The van der Waals surface area contributed by atoms with Gasteiger partial charge in [-0.3, -0.25) is 9.69 Å². The van der Waals surface area contributed by atoms with Crippen LogP contribution < -0.4 is 0 Å². The molecule has 138 valence electrons. The van der Waals surface area contributed by atoms with Gasteiger partial charge in [-0.05, 0) is 49.2 Å². The van der Waals surface area contributed by atoms with E-state index < -0.39 is 0 Å². The van der Waals surface area contributed by atoms with Crippen molar-refractivity contribution in [3.05, 3.63) is 58.3 Å². The van der Waals surface area contributed by atoms with Gasteiger partial charge in [0.05, 0.1) is 0 Å². The van der Waals surface area contributed by atoms with Crippen molar-refractivity contribution in [2.75, 3.05) is 26.2 Å². The topological polar surface area (TPSA) is 23.6 Å². The highest BCUT2D eigenvalue weighted by molar-refractivity contribution is 7.09. The lowest BCUT2D eigenvalue weighted by atomic mass is 9.73. The summed E-state index contributed by atoms with van der Waals surface area (Å²) in [5, 5.41) is 2.17. The van der Waals surface area contributed by atoms with Crippen molar-refractivity contribution in [2.24, 2.45) is 5.41 Å². The van der Waals surface area contributed by atoms with E-state index in [1.165, 1.54) is 29.8 Å². The molecule has 2 aliphatic rings. The van der Waals surface area contributed by atoms with E-state index in [-0.39, 0.29) is 0 Å². The molecule has 1 atom stereocenters. The Balaban J connectivity index is 1.38. The van der Waals surface area contributed by atoms with Crippen molar-refractivity contribution in [1.29, 1.82) is 0 Å². The van der Waals surface area contributed by atoms with Gasteiger partial charge in [0.2, 0.25) is 5.91 Å². The number of benzene rings is 1. The first kappa shape index (κ1) is 17.7. The van der Waals surface area contributed by atoms with Gasteiger partial charge in [-0.25, -0.2) is 0 Å². The summed E-state index contributed by atoms with van der Waals surface area (Å²) in [6.45, 7) is 5.20. The molecule has 4 rings (SSSR count). The third-order valence-electron chi connectivity index (χ3n) is 5.96. The van der Waals surface area contributed by atoms with E-state index in [4.69, 9.17) is 0 Å². The van der Waals surface area contributed by atoms with E-state index in [0.717, 1.165) is 45.4 Å². The summed E-state index contributed by atoms with van der Waals surface area (Å²) in [5.74, 6) is 0.349. The smallest absolute Gasteiger partial charge is 0.222 e. The number of carbonyl (C=O) groups excluding carboxylic acids is 1. The Morgan fingerprint density at radius 3 is 2.73 bits per heavy atom. The van der Waals surface area contributed by atoms with E-state index in [1.54, 1.807) is 0 Å². The Morgan fingerprint density at radius 2 is 1.92 bits per heavy atom. The Bertz CT molecular complexity index is 715. The fourth-order valence-corrected chi connectivity index (χ4v) is 5.36. The average Bonchev–Trinajstić information content (AvgIpc) is 3.17. The summed E-state index contributed by atoms with van der Waals surface area (Å²) in [6, 6.07) is 14.9. The van der Waals surface area contributed by atoms with Crippen LogP contribution in [0.25, 0.3) is 0 Å². The van der Waals surface area contributed by atoms with Crippen molar-refractivity contribution >= 4 is 17.2 Å². The highest BCUT2D eigenvalue weighted by Crippen LogP contribution is 2.39. The van der Waals surface area contributed by atoms with E-state index in [1.807, 2.05) is 11.3 Å². The minimum absolute atomic E-state index is 0.306. The van der Waals surface area contributed by atoms with Crippen LogP contribution in [0, 0.1) is 5.41 Å². The normalized spacial score (nSPS) is 24.3. The van der Waals surface area contributed by atoms with Gasteiger partial charge in [0.1, 0.15) is 0 Å². The van der Waals surface area contributed by atoms with Crippen molar-refractivity contribution in [1.82, 2.24) is 9.80 Å². The Hall–Kier alpha value is -1.65. The second kappa shape index (κ2) is 7.93. The molecule has 1 aromatic carbocycles. The molecule has 2 saturated heterocycles. The van der Waals surface area contributed by atoms with E-state index in [0.29, 0.717) is 11.3 Å². The lowest BCUT2D eigenvalue weighted by Gasteiger charge is -2.48. The maximum absolute atomic E-state index is 12.5. The van der Waals surface area contributed by atoms with Crippen LogP contribution in [0.2, 0.25) is 0 Å². The summed E-state index contributed by atoms with van der Waals surface area (Å²) >= 11 is 1.85. The second-order valence-electron chi connectivity index (χ2n) is 7.94. The van der Waals surface area contributed by atoms with E-state index >= 15 is 0 Å². The monoisotopic (exact) mass is 368 g/mol. The number of rotatable bonds is 5. The number of hydrogen-bond donors (Lipinski definition) is 0. The Kier molecular flexibility index (Phi) is 5.41. The second-order valence-corrected chi connectivity index (χ2v) is 8.98. The summed E-state index contributed by atoms with van der Waals surface area (Å²) < 4.78 is 0. The molecule has 3 heterocycles. The maximum atomic E-state index is 12.5. The first-order chi connectivity index (χ1) is 12.7. The molecule has 3 nitrogen and oxygen atoms in total. The molecule has 1 amide bonds. The summed E-state index contributed by atoms with van der Waals surface area (Å²) in [5.41, 5.74) is 1.63. The Labute approximate surface area is 160 Å². The van der Waals surface area contributed by atoms with Crippen molar-refractivity contribution in [2.45, 2.75) is 38.6 Å². The van der Waals surface area contributed by atoms with Crippen LogP contribution in [-0.4, -0.2) is 41.9 Å². The van der Waals surface area contributed by atoms with E-state index in [9.17, 15) is 4.79 Å². The highest BCUT2D eigenvalue weighted by Gasteiger charge is 2.41. The molecule has 4 heteroatoms. The summed E-state index contributed by atoms with van der Waals surface area (Å²) in [7, 11) is 0. The van der Waals surface area contributed by atoms with Crippen LogP contribution >= 0.6 is 11.3 Å². The fraction of sp³-hybridized carbons (Fsp3) is 0.500. The van der Waals surface area contributed by atoms with Gasteiger partial charge >= 0.3 is 0 Å². The molecule has 0 N–H and O–H groups in total. The van der Waals surface area contributed by atoms with Gasteiger partial charge in [0.15, 0.2) is 0 Å². The third kappa shape index (κ3) is 4.18. The largest absolute Gasteiger partial charge is 0.342 e. The summed E-state index contributed by atoms with van der Waals surface area (Å²) in [6.07, 6.45) is 5.27. The number of amides is 1. The van der Waals surface area contributed by atoms with Crippen LogP contribution in [0.1, 0.15) is 36.1 Å². The fourth-order valence-electron chi connectivity index (χ4n) is 4.62. The molecular weight excluding hydrogens is 340 g/mol. The number of piperidine rings is 2. The molecule has 0 radical (unpaired) electrons. The number of carbonyl (C=O) groups is 1. The van der Waals surface area contributed by atoms with Crippen LogP contribution in [0.5, 0.6) is 0 Å². The number of thiophene rings is 1. The molecule has 2 aliphatic heterocycles. The van der Waals surface area contributed by atoms with Crippen molar-refractivity contribution in [3.8, 4) is 0 Å². The molecule has 0 unspecified atom stereocenters. The molecule has 2 aromatic rings. The molecule has 1 spiro atoms. The van der Waals surface area contributed by atoms with Crippen molar-refractivity contribution in [3.63, 3.8) is 0 Å². The zero-order valence-corrected chi connectivity index (χ0v) is 16.2. The van der Waals surface area contributed by atoms with Crippen molar-refractivity contribution < 1.29 is 4.79 Å². The molecule has 1 aromatic heterocycles. The minimum Gasteiger partial charge on any atom is -0.342 e. The molecule has 0 bridgehead atoms. The van der Waals surface area contributed by atoms with E-state index in [2.05, 4.69) is 57.6 Å². The van der Waals surface area contributed by atoms with Crippen LogP contribution in [0.4, 0.5) is 0 Å². The highest BCUT2D eigenvalue weighted by atomic mass is 32.1. The van der Waals surface area contributed by atoms with Crippen LogP contribution in [0.3, 0.4) is 0 Å². The molecule has 26 heavy (non-hydrogen) atoms. The number of nitrogens with zero attached hydrogens (tertiary/aromatic N) is 2. The lowest BCUT2D eigenvalue weighted by Crippen LogP contribution is -2.54. The summed E-state index contributed by atoms with van der Waals surface area (Å²) in [4.78, 5) is 18.7. The number of likely N-dealkylation sites (tertiary alicyclic amines) is 2. The molecule has 0 saturated carbocycles. The van der Waals surface area contributed by atoms with Gasteiger partial charge in [0.25, 0.3) is 0 Å². The zero-order valence-electron chi connectivity index (χ0n) is 15.4. The number of hydrogen-bond acceptors (Lipinski definition) is 3. The molecule has 0 aliphatic carbocycles.